The van der Waals surface area contributed by atoms with Crippen LogP contribution >= 0.6 is 11.8 Å². The Hall–Kier alpha value is -1.87. The van der Waals surface area contributed by atoms with Crippen molar-refractivity contribution in [3.8, 4) is 6.01 Å². The molecule has 0 aliphatic carbocycles. The van der Waals surface area contributed by atoms with Gasteiger partial charge < -0.3 is 4.74 Å². The number of ether oxygens (including phenoxy) is 1. The molecule has 0 unspecified atom stereocenters. The van der Waals surface area contributed by atoms with Crippen LogP contribution in [0.1, 0.15) is 6.92 Å². The number of nitrogen functional groups attached to an aromatic ring is 1. The zero-order chi connectivity index (χ0) is 13.0. The summed E-state index contributed by atoms with van der Waals surface area (Å²) in [6, 6.07) is 0.242. The number of aromatic nitrogens is 5. The molecule has 2 heterocycles. The quantitative estimate of drug-likeness (QED) is 0.594. The van der Waals surface area contributed by atoms with Crippen LogP contribution in [0, 0.1) is 0 Å². The van der Waals surface area contributed by atoms with Crippen LogP contribution in [-0.4, -0.2) is 31.3 Å². The molecule has 2 rings (SSSR count). The third-order valence-corrected chi connectivity index (χ3v) is 2.70. The second kappa shape index (κ2) is 5.65. The molecule has 0 aromatic carbocycles. The predicted octanol–water partition coefficient (Wildman–Crippen LogP) is 0.441. The lowest BCUT2D eigenvalue weighted by molar-refractivity contribution is 0.308. The van der Waals surface area contributed by atoms with E-state index in [0.717, 1.165) is 4.90 Å². The first-order valence-electron chi connectivity index (χ1n) is 5.23. The van der Waals surface area contributed by atoms with Gasteiger partial charge in [0.2, 0.25) is 11.1 Å². The molecule has 0 amide bonds. The minimum atomic E-state index is 0.242. The standard InChI is InChI=1S/C9H13N7OS/c1-3-17-8-12-7(15-10)13-9(14-8)18-6-4-11-16(2)5-6/h4-5H,3,10H2,1-2H3,(H,12,13,14,15). The molecule has 18 heavy (non-hydrogen) atoms. The zero-order valence-corrected chi connectivity index (χ0v) is 10.8. The van der Waals surface area contributed by atoms with E-state index in [-0.39, 0.29) is 12.0 Å². The smallest absolute Gasteiger partial charge is 0.322 e. The molecular formula is C9H13N7OS. The molecule has 0 radical (unpaired) electrons. The lowest BCUT2D eigenvalue weighted by Gasteiger charge is -2.05. The molecule has 0 spiro atoms. The van der Waals surface area contributed by atoms with Crippen LogP contribution in [0.5, 0.6) is 6.01 Å². The SMILES string of the molecule is CCOc1nc(NN)nc(Sc2cnn(C)c2)n1. The second-order valence-electron chi connectivity index (χ2n) is 3.25. The summed E-state index contributed by atoms with van der Waals surface area (Å²) in [6.45, 7) is 2.33. The van der Waals surface area contributed by atoms with Crippen molar-refractivity contribution in [3.63, 3.8) is 0 Å². The number of rotatable bonds is 5. The Labute approximate surface area is 108 Å². The van der Waals surface area contributed by atoms with Gasteiger partial charge in [-0.05, 0) is 18.7 Å². The van der Waals surface area contributed by atoms with Gasteiger partial charge in [-0.25, -0.2) is 5.84 Å². The van der Waals surface area contributed by atoms with Gasteiger partial charge in [-0.1, -0.05) is 0 Å². The van der Waals surface area contributed by atoms with Gasteiger partial charge in [0.25, 0.3) is 0 Å². The molecule has 8 nitrogen and oxygen atoms in total. The van der Waals surface area contributed by atoms with Crippen molar-refractivity contribution < 1.29 is 4.74 Å². The maximum atomic E-state index is 5.30. The zero-order valence-electron chi connectivity index (χ0n) is 9.99. The van der Waals surface area contributed by atoms with E-state index in [1.54, 1.807) is 10.9 Å². The van der Waals surface area contributed by atoms with Crippen LogP contribution in [0.4, 0.5) is 5.95 Å². The Morgan fingerprint density at radius 3 is 2.89 bits per heavy atom. The summed E-state index contributed by atoms with van der Waals surface area (Å²) in [5.74, 6) is 5.56. The molecule has 0 aliphatic rings. The summed E-state index contributed by atoms with van der Waals surface area (Å²) in [5, 5.41) is 4.56. The predicted molar refractivity (Wildman–Crippen MR) is 66.1 cm³/mol. The fourth-order valence-electron chi connectivity index (χ4n) is 1.20. The van der Waals surface area contributed by atoms with E-state index in [0.29, 0.717) is 11.8 Å². The third-order valence-electron chi connectivity index (χ3n) is 1.89. The number of nitrogens with two attached hydrogens (primary N) is 1. The summed E-state index contributed by atoms with van der Waals surface area (Å²) in [6.07, 6.45) is 3.59. The van der Waals surface area contributed by atoms with Crippen molar-refractivity contribution in [2.45, 2.75) is 17.0 Å². The molecule has 3 N–H and O–H groups in total. The van der Waals surface area contributed by atoms with Crippen LogP contribution in [0.3, 0.4) is 0 Å². The van der Waals surface area contributed by atoms with E-state index in [9.17, 15) is 0 Å². The Morgan fingerprint density at radius 1 is 1.44 bits per heavy atom. The average Bonchev–Trinajstić information content (AvgIpc) is 2.75. The molecule has 9 heteroatoms. The average molecular weight is 267 g/mol. The molecule has 0 saturated heterocycles. The van der Waals surface area contributed by atoms with Crippen LogP contribution in [-0.2, 0) is 7.05 Å². The molecule has 0 fully saturated rings. The molecule has 2 aromatic rings. The molecule has 2 aromatic heterocycles. The van der Waals surface area contributed by atoms with Crippen molar-refractivity contribution in [1.82, 2.24) is 24.7 Å². The largest absolute Gasteiger partial charge is 0.464 e. The van der Waals surface area contributed by atoms with Gasteiger partial charge in [-0.15, -0.1) is 0 Å². The second-order valence-corrected chi connectivity index (χ2v) is 4.29. The Bertz CT molecular complexity index is 529. The van der Waals surface area contributed by atoms with Gasteiger partial charge in [0, 0.05) is 13.2 Å². The van der Waals surface area contributed by atoms with Crippen molar-refractivity contribution >= 4 is 17.7 Å². The Morgan fingerprint density at radius 2 is 2.28 bits per heavy atom. The highest BCUT2D eigenvalue weighted by molar-refractivity contribution is 7.99. The van der Waals surface area contributed by atoms with Crippen molar-refractivity contribution in [1.29, 1.82) is 0 Å². The molecule has 0 saturated carbocycles. The summed E-state index contributed by atoms with van der Waals surface area (Å²) >= 11 is 1.36. The maximum absolute atomic E-state index is 5.30. The van der Waals surface area contributed by atoms with Gasteiger partial charge in [0.15, 0.2) is 0 Å². The molecule has 96 valence electrons. The monoisotopic (exact) mass is 267 g/mol. The van der Waals surface area contributed by atoms with Crippen LogP contribution in [0.25, 0.3) is 0 Å². The van der Waals surface area contributed by atoms with E-state index >= 15 is 0 Å². The minimum Gasteiger partial charge on any atom is -0.464 e. The number of hydrogen-bond acceptors (Lipinski definition) is 8. The first-order valence-corrected chi connectivity index (χ1v) is 6.05. The number of aryl methyl sites for hydroxylation is 1. The lowest BCUT2D eigenvalue weighted by Crippen LogP contribution is -2.12. The topological polar surface area (TPSA) is 104 Å². The third kappa shape index (κ3) is 3.08. The van der Waals surface area contributed by atoms with Gasteiger partial charge in [0.05, 0.1) is 17.7 Å². The van der Waals surface area contributed by atoms with Crippen molar-refractivity contribution in [2.24, 2.45) is 12.9 Å². The van der Waals surface area contributed by atoms with Gasteiger partial charge in [-0.2, -0.15) is 20.1 Å². The summed E-state index contributed by atoms with van der Waals surface area (Å²) < 4.78 is 6.94. The number of nitrogens with zero attached hydrogens (tertiary/aromatic N) is 5. The molecular weight excluding hydrogens is 254 g/mol. The Kier molecular flexibility index (Phi) is 3.95. The highest BCUT2D eigenvalue weighted by Gasteiger charge is 2.09. The molecule has 0 aliphatic heterocycles. The van der Waals surface area contributed by atoms with Crippen molar-refractivity contribution in [3.05, 3.63) is 12.4 Å². The highest BCUT2D eigenvalue weighted by Crippen LogP contribution is 2.25. The van der Waals surface area contributed by atoms with E-state index < -0.39 is 0 Å². The van der Waals surface area contributed by atoms with Crippen LogP contribution < -0.4 is 16.0 Å². The fourth-order valence-corrected chi connectivity index (χ4v) is 1.97. The normalized spacial score (nSPS) is 10.4. The summed E-state index contributed by atoms with van der Waals surface area (Å²) in [7, 11) is 1.84. The fraction of sp³-hybridized carbons (Fsp3) is 0.333. The Balaban J connectivity index is 2.23. The number of nitrogens with one attached hydrogen (secondary N) is 1. The van der Waals surface area contributed by atoms with E-state index in [1.165, 1.54) is 11.8 Å². The molecule has 0 bridgehead atoms. The molecule has 0 atom stereocenters. The van der Waals surface area contributed by atoms with E-state index in [1.807, 2.05) is 20.2 Å². The maximum Gasteiger partial charge on any atom is 0.322 e. The first kappa shape index (κ1) is 12.6. The van der Waals surface area contributed by atoms with Gasteiger partial charge in [-0.3, -0.25) is 10.1 Å². The van der Waals surface area contributed by atoms with E-state index in [2.05, 4.69) is 25.5 Å². The van der Waals surface area contributed by atoms with Crippen LogP contribution in [0.2, 0.25) is 0 Å². The van der Waals surface area contributed by atoms with Gasteiger partial charge >= 0.3 is 6.01 Å². The minimum absolute atomic E-state index is 0.242. The van der Waals surface area contributed by atoms with Gasteiger partial charge in [0.1, 0.15) is 0 Å². The van der Waals surface area contributed by atoms with E-state index in [4.69, 9.17) is 10.6 Å². The highest BCUT2D eigenvalue weighted by atomic mass is 32.2. The first-order chi connectivity index (χ1) is 8.71. The lowest BCUT2D eigenvalue weighted by atomic mass is 10.7. The number of hydrazine groups is 1. The summed E-state index contributed by atoms with van der Waals surface area (Å²) in [4.78, 5) is 13.2. The van der Waals surface area contributed by atoms with Crippen LogP contribution in [0.15, 0.2) is 22.4 Å². The number of anilines is 1. The number of hydrogen-bond donors (Lipinski definition) is 2. The summed E-state index contributed by atoms with van der Waals surface area (Å²) in [5.41, 5.74) is 2.38. The van der Waals surface area contributed by atoms with Crippen molar-refractivity contribution in [2.75, 3.05) is 12.0 Å².